The van der Waals surface area contributed by atoms with Gasteiger partial charge in [-0.1, -0.05) is 30.3 Å². The SMILES string of the molecule is O=c1ccc(CC2CCN(Cc3cccc(CC(F)(F)F)c3)CC2)c[nH]1. The van der Waals surface area contributed by atoms with Crippen LogP contribution in [-0.4, -0.2) is 29.1 Å². The zero-order chi connectivity index (χ0) is 18.6. The minimum atomic E-state index is -4.17. The lowest BCUT2D eigenvalue weighted by Crippen LogP contribution is -2.34. The minimum absolute atomic E-state index is 0.0867. The third-order valence-corrected chi connectivity index (χ3v) is 4.88. The maximum atomic E-state index is 12.5. The second kappa shape index (κ2) is 8.08. The molecule has 3 rings (SSSR count). The molecule has 0 atom stereocenters. The number of hydrogen-bond donors (Lipinski definition) is 1. The largest absolute Gasteiger partial charge is 0.393 e. The lowest BCUT2D eigenvalue weighted by Gasteiger charge is -2.32. The minimum Gasteiger partial charge on any atom is -0.329 e. The number of nitrogens with one attached hydrogen (secondary N) is 1. The monoisotopic (exact) mass is 364 g/mol. The van der Waals surface area contributed by atoms with Crippen molar-refractivity contribution >= 4 is 0 Å². The number of rotatable bonds is 5. The molecule has 0 unspecified atom stereocenters. The first-order valence-corrected chi connectivity index (χ1v) is 8.92. The zero-order valence-corrected chi connectivity index (χ0v) is 14.6. The maximum Gasteiger partial charge on any atom is 0.393 e. The fourth-order valence-electron chi connectivity index (χ4n) is 3.58. The van der Waals surface area contributed by atoms with E-state index in [9.17, 15) is 18.0 Å². The van der Waals surface area contributed by atoms with E-state index in [4.69, 9.17) is 0 Å². The van der Waals surface area contributed by atoms with Crippen LogP contribution < -0.4 is 5.56 Å². The van der Waals surface area contributed by atoms with E-state index in [0.29, 0.717) is 18.0 Å². The lowest BCUT2D eigenvalue weighted by atomic mass is 9.90. The van der Waals surface area contributed by atoms with Crippen LogP contribution in [0.3, 0.4) is 0 Å². The summed E-state index contributed by atoms with van der Waals surface area (Å²) in [7, 11) is 0. The molecule has 0 spiro atoms. The molecule has 1 N–H and O–H groups in total. The van der Waals surface area contributed by atoms with Crippen molar-refractivity contribution in [2.45, 2.75) is 38.4 Å². The Morgan fingerprint density at radius 2 is 1.77 bits per heavy atom. The smallest absolute Gasteiger partial charge is 0.329 e. The fourth-order valence-corrected chi connectivity index (χ4v) is 3.58. The van der Waals surface area contributed by atoms with Gasteiger partial charge >= 0.3 is 6.18 Å². The molecule has 26 heavy (non-hydrogen) atoms. The second-order valence-electron chi connectivity index (χ2n) is 7.10. The summed E-state index contributed by atoms with van der Waals surface area (Å²) in [6.07, 6.45) is -0.198. The highest BCUT2D eigenvalue weighted by Gasteiger charge is 2.27. The first kappa shape index (κ1) is 18.7. The molecule has 0 saturated carbocycles. The molecule has 2 heterocycles. The Balaban J connectivity index is 1.50. The summed E-state index contributed by atoms with van der Waals surface area (Å²) < 4.78 is 37.6. The molecule has 1 aliphatic rings. The Bertz CT molecular complexity index is 757. The average molecular weight is 364 g/mol. The number of alkyl halides is 3. The molecule has 0 aliphatic carbocycles. The van der Waals surface area contributed by atoms with Gasteiger partial charge in [-0.05, 0) is 55.0 Å². The van der Waals surface area contributed by atoms with Crippen LogP contribution in [0.25, 0.3) is 0 Å². The zero-order valence-electron chi connectivity index (χ0n) is 14.6. The number of hydrogen-bond acceptors (Lipinski definition) is 2. The summed E-state index contributed by atoms with van der Waals surface area (Å²) in [6, 6.07) is 10.2. The number of aromatic amines is 1. The normalized spacial score (nSPS) is 16.7. The first-order chi connectivity index (χ1) is 12.4. The second-order valence-corrected chi connectivity index (χ2v) is 7.10. The van der Waals surface area contributed by atoms with Crippen LogP contribution in [0.5, 0.6) is 0 Å². The van der Waals surface area contributed by atoms with Gasteiger partial charge < -0.3 is 4.98 Å². The third kappa shape index (κ3) is 5.73. The molecule has 1 aromatic heterocycles. The van der Waals surface area contributed by atoms with E-state index in [-0.39, 0.29) is 5.56 Å². The quantitative estimate of drug-likeness (QED) is 0.873. The highest BCUT2D eigenvalue weighted by molar-refractivity contribution is 5.24. The summed E-state index contributed by atoms with van der Waals surface area (Å²) in [5, 5.41) is 0. The summed E-state index contributed by atoms with van der Waals surface area (Å²) in [5.41, 5.74) is 2.31. The van der Waals surface area contributed by atoms with E-state index in [1.165, 1.54) is 6.07 Å². The molecule has 0 radical (unpaired) electrons. The Labute approximate surface area is 150 Å². The van der Waals surface area contributed by atoms with E-state index < -0.39 is 12.6 Å². The molecule has 1 saturated heterocycles. The topological polar surface area (TPSA) is 36.1 Å². The molecule has 6 heteroatoms. The van der Waals surface area contributed by atoms with E-state index in [1.54, 1.807) is 24.4 Å². The van der Waals surface area contributed by atoms with Crippen molar-refractivity contribution in [3.63, 3.8) is 0 Å². The van der Waals surface area contributed by atoms with Crippen LogP contribution in [-0.2, 0) is 19.4 Å². The van der Waals surface area contributed by atoms with Crippen molar-refractivity contribution in [2.75, 3.05) is 13.1 Å². The summed E-state index contributed by atoms with van der Waals surface area (Å²) in [6.45, 7) is 2.58. The van der Waals surface area contributed by atoms with Crippen LogP contribution in [0.1, 0.15) is 29.5 Å². The van der Waals surface area contributed by atoms with Crippen LogP contribution in [0.15, 0.2) is 47.4 Å². The van der Waals surface area contributed by atoms with Crippen molar-refractivity contribution < 1.29 is 13.2 Å². The van der Waals surface area contributed by atoms with Gasteiger partial charge in [0.25, 0.3) is 0 Å². The summed E-state index contributed by atoms with van der Waals surface area (Å²) in [4.78, 5) is 16.1. The van der Waals surface area contributed by atoms with Crippen molar-refractivity contribution in [1.82, 2.24) is 9.88 Å². The van der Waals surface area contributed by atoms with E-state index in [1.807, 2.05) is 12.1 Å². The maximum absolute atomic E-state index is 12.5. The molecule has 2 aromatic rings. The van der Waals surface area contributed by atoms with Crippen LogP contribution in [0.4, 0.5) is 13.2 Å². The first-order valence-electron chi connectivity index (χ1n) is 8.92. The number of likely N-dealkylation sites (tertiary alicyclic amines) is 1. The number of benzene rings is 1. The summed E-state index contributed by atoms with van der Waals surface area (Å²) >= 11 is 0. The molecule has 1 aliphatic heterocycles. The van der Waals surface area contributed by atoms with Gasteiger partial charge in [0.1, 0.15) is 0 Å². The van der Waals surface area contributed by atoms with Gasteiger partial charge in [-0.2, -0.15) is 13.2 Å². The van der Waals surface area contributed by atoms with Crippen molar-refractivity contribution in [3.8, 4) is 0 Å². The Morgan fingerprint density at radius 3 is 2.42 bits per heavy atom. The van der Waals surface area contributed by atoms with Gasteiger partial charge in [-0.25, -0.2) is 0 Å². The number of H-pyrrole nitrogens is 1. The predicted molar refractivity (Wildman–Crippen MR) is 95.0 cm³/mol. The molecule has 0 amide bonds. The summed E-state index contributed by atoms with van der Waals surface area (Å²) in [5.74, 6) is 0.578. The van der Waals surface area contributed by atoms with Crippen LogP contribution in [0.2, 0.25) is 0 Å². The highest BCUT2D eigenvalue weighted by atomic mass is 19.4. The van der Waals surface area contributed by atoms with Crippen molar-refractivity contribution in [3.05, 3.63) is 69.6 Å². The Kier molecular flexibility index (Phi) is 5.81. The number of halogens is 3. The standard InChI is InChI=1S/C20H23F3N2O/c21-20(22,23)12-16-2-1-3-18(11-16)14-25-8-6-15(7-9-25)10-17-4-5-19(26)24-13-17/h1-5,11,13,15H,6-10,12,14H2,(H,24,26). The number of pyridine rings is 1. The molecule has 3 nitrogen and oxygen atoms in total. The van der Waals surface area contributed by atoms with Gasteiger partial charge in [-0.3, -0.25) is 9.69 Å². The molecule has 1 fully saturated rings. The Hall–Kier alpha value is -2.08. The number of piperidine rings is 1. The Morgan fingerprint density at radius 1 is 1.04 bits per heavy atom. The van der Waals surface area contributed by atoms with Crippen LogP contribution >= 0.6 is 0 Å². The molecular weight excluding hydrogens is 341 g/mol. The van der Waals surface area contributed by atoms with Gasteiger partial charge in [0.05, 0.1) is 6.42 Å². The predicted octanol–water partition coefficient (Wildman–Crippen LogP) is 3.93. The fraction of sp³-hybridized carbons (Fsp3) is 0.450. The molecular formula is C20H23F3N2O. The average Bonchev–Trinajstić information content (AvgIpc) is 2.57. The van der Waals surface area contributed by atoms with Crippen molar-refractivity contribution in [1.29, 1.82) is 0 Å². The number of aromatic nitrogens is 1. The molecule has 0 bridgehead atoms. The van der Waals surface area contributed by atoms with Gasteiger partial charge in [0.2, 0.25) is 5.56 Å². The number of nitrogens with zero attached hydrogens (tertiary/aromatic N) is 1. The van der Waals surface area contributed by atoms with E-state index in [0.717, 1.165) is 43.5 Å². The van der Waals surface area contributed by atoms with Crippen LogP contribution in [0, 0.1) is 5.92 Å². The van der Waals surface area contributed by atoms with Gasteiger partial charge in [0, 0.05) is 18.8 Å². The lowest BCUT2D eigenvalue weighted by molar-refractivity contribution is -0.127. The molecule has 1 aromatic carbocycles. The van der Waals surface area contributed by atoms with E-state index >= 15 is 0 Å². The molecule has 140 valence electrons. The third-order valence-electron chi connectivity index (χ3n) is 4.88. The van der Waals surface area contributed by atoms with E-state index in [2.05, 4.69) is 9.88 Å². The van der Waals surface area contributed by atoms with Crippen molar-refractivity contribution in [2.24, 2.45) is 5.92 Å². The van der Waals surface area contributed by atoms with Gasteiger partial charge in [-0.15, -0.1) is 0 Å². The van der Waals surface area contributed by atoms with Gasteiger partial charge in [0.15, 0.2) is 0 Å². The highest BCUT2D eigenvalue weighted by Crippen LogP contribution is 2.24.